The number of carbonyl (C=O) groups is 1. The molecule has 2 heterocycles. The third-order valence-electron chi connectivity index (χ3n) is 4.71. The molecule has 2 aromatic rings. The summed E-state index contributed by atoms with van der Waals surface area (Å²) in [5.74, 6) is 0.610. The number of anilines is 1. The molecule has 1 atom stereocenters. The number of ether oxygens (including phenoxy) is 1. The second-order valence-corrected chi connectivity index (χ2v) is 9.53. The van der Waals surface area contributed by atoms with Crippen molar-refractivity contribution in [2.24, 2.45) is 0 Å². The first-order chi connectivity index (χ1) is 13.4. The molecular weight excluding hydrogens is 398 g/mol. The number of nitrogens with zero attached hydrogens (tertiary/aromatic N) is 2. The number of thiophene rings is 1. The summed E-state index contributed by atoms with van der Waals surface area (Å²) in [6.07, 6.45) is 0.822. The van der Waals surface area contributed by atoms with Gasteiger partial charge in [0.25, 0.3) is 10.0 Å². The third kappa shape index (κ3) is 4.84. The molecule has 1 fully saturated rings. The van der Waals surface area contributed by atoms with Gasteiger partial charge < -0.3 is 14.5 Å². The van der Waals surface area contributed by atoms with Crippen molar-refractivity contribution < 1.29 is 17.9 Å². The standard InChI is InChI=1S/C19H25N3O4S2/c1-15(20-28(24,25)18-5-3-14-27-18)19(23)22-11-4-10-21(12-13-22)16-6-8-17(26-2)9-7-16/h3,5-9,14-15,20H,4,10-13H2,1-2H3. The van der Waals surface area contributed by atoms with Gasteiger partial charge in [-0.25, -0.2) is 8.42 Å². The fraction of sp³-hybridized carbons (Fsp3) is 0.421. The maximum Gasteiger partial charge on any atom is 0.250 e. The summed E-state index contributed by atoms with van der Waals surface area (Å²) in [5.41, 5.74) is 1.08. The summed E-state index contributed by atoms with van der Waals surface area (Å²) in [6.45, 7) is 4.29. The number of nitrogens with one attached hydrogen (secondary N) is 1. The minimum Gasteiger partial charge on any atom is -0.497 e. The smallest absolute Gasteiger partial charge is 0.250 e. The first-order valence-electron chi connectivity index (χ1n) is 9.14. The average molecular weight is 424 g/mol. The average Bonchev–Trinajstić information content (AvgIpc) is 3.14. The van der Waals surface area contributed by atoms with Crippen LogP contribution < -0.4 is 14.4 Å². The van der Waals surface area contributed by atoms with Crippen LogP contribution in [-0.2, 0) is 14.8 Å². The van der Waals surface area contributed by atoms with E-state index in [9.17, 15) is 13.2 Å². The highest BCUT2D eigenvalue weighted by atomic mass is 32.2. The summed E-state index contributed by atoms with van der Waals surface area (Å²) in [6, 6.07) is 10.3. The molecule has 1 amide bonds. The molecule has 152 valence electrons. The molecule has 0 spiro atoms. The molecular formula is C19H25N3O4S2. The van der Waals surface area contributed by atoms with E-state index < -0.39 is 16.1 Å². The van der Waals surface area contributed by atoms with Gasteiger partial charge in [-0.3, -0.25) is 4.79 Å². The van der Waals surface area contributed by atoms with Gasteiger partial charge in [-0.15, -0.1) is 11.3 Å². The molecule has 1 aromatic carbocycles. The second-order valence-electron chi connectivity index (χ2n) is 6.64. The Balaban J connectivity index is 1.60. The molecule has 0 bridgehead atoms. The van der Waals surface area contributed by atoms with E-state index >= 15 is 0 Å². The number of methoxy groups -OCH3 is 1. The Morgan fingerprint density at radius 1 is 1.14 bits per heavy atom. The van der Waals surface area contributed by atoms with Crippen molar-refractivity contribution in [1.29, 1.82) is 0 Å². The molecule has 1 aromatic heterocycles. The number of sulfonamides is 1. The number of hydrogen-bond donors (Lipinski definition) is 1. The Hall–Kier alpha value is -2.10. The van der Waals surface area contributed by atoms with Crippen LogP contribution in [0.25, 0.3) is 0 Å². The second kappa shape index (κ2) is 8.93. The van der Waals surface area contributed by atoms with Gasteiger partial charge >= 0.3 is 0 Å². The highest BCUT2D eigenvalue weighted by Gasteiger charge is 2.27. The lowest BCUT2D eigenvalue weighted by atomic mass is 10.2. The quantitative estimate of drug-likeness (QED) is 0.770. The molecule has 0 saturated carbocycles. The van der Waals surface area contributed by atoms with E-state index in [0.29, 0.717) is 19.6 Å². The minimum atomic E-state index is -3.67. The highest BCUT2D eigenvalue weighted by Crippen LogP contribution is 2.21. The SMILES string of the molecule is COc1ccc(N2CCCN(C(=O)C(C)NS(=O)(=O)c3cccs3)CC2)cc1. The van der Waals surface area contributed by atoms with Crippen molar-refractivity contribution in [1.82, 2.24) is 9.62 Å². The molecule has 0 radical (unpaired) electrons. The number of rotatable bonds is 6. The van der Waals surface area contributed by atoms with Gasteiger partial charge in [0, 0.05) is 31.9 Å². The zero-order valence-corrected chi connectivity index (χ0v) is 17.6. The number of carbonyl (C=O) groups excluding carboxylic acids is 1. The Labute approximate surface area is 170 Å². The molecule has 7 nitrogen and oxygen atoms in total. The predicted molar refractivity (Wildman–Crippen MR) is 111 cm³/mol. The van der Waals surface area contributed by atoms with Crippen molar-refractivity contribution in [3.05, 3.63) is 41.8 Å². The number of benzene rings is 1. The van der Waals surface area contributed by atoms with E-state index in [1.165, 1.54) is 6.07 Å². The number of hydrogen-bond acceptors (Lipinski definition) is 6. The van der Waals surface area contributed by atoms with Gasteiger partial charge in [-0.2, -0.15) is 4.72 Å². The zero-order chi connectivity index (χ0) is 20.1. The third-order valence-corrected chi connectivity index (χ3v) is 7.65. The van der Waals surface area contributed by atoms with E-state index in [0.717, 1.165) is 35.7 Å². The Bertz CT molecular complexity index is 882. The van der Waals surface area contributed by atoms with Gasteiger partial charge in [0.2, 0.25) is 5.91 Å². The molecule has 9 heteroatoms. The first-order valence-corrected chi connectivity index (χ1v) is 11.5. The molecule has 1 aliphatic rings. The molecule has 1 unspecified atom stereocenters. The van der Waals surface area contributed by atoms with Gasteiger partial charge in [-0.05, 0) is 49.1 Å². The van der Waals surface area contributed by atoms with Crippen LogP contribution in [0.5, 0.6) is 5.75 Å². The van der Waals surface area contributed by atoms with Crippen LogP contribution >= 0.6 is 11.3 Å². The molecule has 1 saturated heterocycles. The monoisotopic (exact) mass is 423 g/mol. The molecule has 0 aliphatic carbocycles. The van der Waals surface area contributed by atoms with E-state index in [2.05, 4.69) is 9.62 Å². The van der Waals surface area contributed by atoms with Crippen molar-refractivity contribution in [2.75, 3.05) is 38.2 Å². The van der Waals surface area contributed by atoms with Gasteiger partial charge in [0.05, 0.1) is 13.2 Å². The van der Waals surface area contributed by atoms with Crippen molar-refractivity contribution in [3.63, 3.8) is 0 Å². The Morgan fingerprint density at radius 2 is 1.89 bits per heavy atom. The van der Waals surface area contributed by atoms with Crippen molar-refractivity contribution >= 4 is 33.0 Å². The Kier molecular flexibility index (Phi) is 6.58. The minimum absolute atomic E-state index is 0.197. The maximum atomic E-state index is 12.8. The highest BCUT2D eigenvalue weighted by molar-refractivity contribution is 7.91. The summed E-state index contributed by atoms with van der Waals surface area (Å²) in [4.78, 5) is 16.8. The van der Waals surface area contributed by atoms with Crippen LogP contribution in [0.2, 0.25) is 0 Å². The maximum absolute atomic E-state index is 12.8. The van der Waals surface area contributed by atoms with Crippen LogP contribution in [0.15, 0.2) is 46.0 Å². The van der Waals surface area contributed by atoms with Crippen LogP contribution in [0.4, 0.5) is 5.69 Å². The van der Waals surface area contributed by atoms with Crippen molar-refractivity contribution in [2.45, 2.75) is 23.6 Å². The molecule has 1 aliphatic heterocycles. The van der Waals surface area contributed by atoms with Gasteiger partial charge in [0.15, 0.2) is 0 Å². The lowest BCUT2D eigenvalue weighted by molar-refractivity contribution is -0.132. The van der Waals surface area contributed by atoms with Crippen LogP contribution in [0.3, 0.4) is 0 Å². The fourth-order valence-corrected chi connectivity index (χ4v) is 5.43. The van der Waals surface area contributed by atoms with Crippen LogP contribution in [-0.4, -0.2) is 58.6 Å². The molecule has 28 heavy (non-hydrogen) atoms. The first kappa shape index (κ1) is 20.6. The molecule has 3 rings (SSSR count). The summed E-state index contributed by atoms with van der Waals surface area (Å²) < 4.78 is 32.6. The molecule has 1 N–H and O–H groups in total. The summed E-state index contributed by atoms with van der Waals surface area (Å²) in [7, 11) is -2.03. The lowest BCUT2D eigenvalue weighted by Gasteiger charge is -2.25. The fourth-order valence-electron chi connectivity index (χ4n) is 3.22. The summed E-state index contributed by atoms with van der Waals surface area (Å²) >= 11 is 1.13. The largest absolute Gasteiger partial charge is 0.497 e. The van der Waals surface area contributed by atoms with E-state index in [1.807, 2.05) is 24.3 Å². The van der Waals surface area contributed by atoms with Gasteiger partial charge in [-0.1, -0.05) is 6.07 Å². The normalized spacial score (nSPS) is 16.5. The van der Waals surface area contributed by atoms with Crippen molar-refractivity contribution in [3.8, 4) is 5.75 Å². The van der Waals surface area contributed by atoms with E-state index in [4.69, 9.17) is 4.74 Å². The topological polar surface area (TPSA) is 79.0 Å². The van der Waals surface area contributed by atoms with E-state index in [-0.39, 0.29) is 10.1 Å². The summed E-state index contributed by atoms with van der Waals surface area (Å²) in [5, 5.41) is 1.70. The lowest BCUT2D eigenvalue weighted by Crippen LogP contribution is -2.47. The van der Waals surface area contributed by atoms with Gasteiger partial charge in [0.1, 0.15) is 9.96 Å². The van der Waals surface area contributed by atoms with Crippen LogP contribution in [0.1, 0.15) is 13.3 Å². The van der Waals surface area contributed by atoms with E-state index in [1.54, 1.807) is 30.4 Å². The van der Waals surface area contributed by atoms with Crippen LogP contribution in [0, 0.1) is 0 Å². The Morgan fingerprint density at radius 3 is 2.54 bits per heavy atom. The predicted octanol–water partition coefficient (Wildman–Crippen LogP) is 2.16. The zero-order valence-electron chi connectivity index (χ0n) is 16.0. The number of amides is 1.